The van der Waals surface area contributed by atoms with Gasteiger partial charge in [-0.25, -0.2) is 0 Å². The molecular formula is C74H139NO18. The minimum absolute atomic E-state index is 0.239. The highest BCUT2D eigenvalue weighted by molar-refractivity contribution is 5.76. The van der Waals surface area contributed by atoms with E-state index >= 15 is 0 Å². The Morgan fingerprint density at radius 3 is 1.05 bits per heavy atom. The van der Waals surface area contributed by atoms with Gasteiger partial charge in [0, 0.05) is 6.42 Å². The summed E-state index contributed by atoms with van der Waals surface area (Å²) in [5.74, 6) is -0.285. The molecule has 19 heteroatoms. The second-order valence-electron chi connectivity index (χ2n) is 27.5. The topological polar surface area (TPSA) is 307 Å². The van der Waals surface area contributed by atoms with Crippen LogP contribution in [0.1, 0.15) is 309 Å². The Balaban J connectivity index is 1.21. The quantitative estimate of drug-likeness (QED) is 0.0199. The molecule has 0 radical (unpaired) electrons. The highest BCUT2D eigenvalue weighted by Gasteiger charge is 2.53. The van der Waals surface area contributed by atoms with E-state index in [1.807, 2.05) is 6.08 Å². The first-order valence-corrected chi connectivity index (χ1v) is 38.1. The summed E-state index contributed by atoms with van der Waals surface area (Å²) in [4.78, 5) is 13.3. The molecule has 19 nitrogen and oxygen atoms in total. The smallest absolute Gasteiger partial charge is 0.220 e. The Morgan fingerprint density at radius 1 is 0.376 bits per heavy atom. The third kappa shape index (κ3) is 37.3. The molecule has 0 saturated carbocycles. The largest absolute Gasteiger partial charge is 0.394 e. The van der Waals surface area contributed by atoms with Gasteiger partial charge in [0.1, 0.15) is 73.2 Å². The van der Waals surface area contributed by atoms with E-state index in [0.29, 0.717) is 12.8 Å². The second-order valence-corrected chi connectivity index (χ2v) is 27.5. The van der Waals surface area contributed by atoms with Gasteiger partial charge in [-0.15, -0.1) is 0 Å². The molecule has 0 bridgehead atoms. The summed E-state index contributed by atoms with van der Waals surface area (Å²) in [5.41, 5.74) is 0. The molecule has 12 N–H and O–H groups in total. The number of aliphatic hydroxyl groups is 11. The number of allylic oxidation sites excluding steroid dienone is 3. The number of hydrogen-bond donors (Lipinski definition) is 12. The fourth-order valence-electron chi connectivity index (χ4n) is 13.1. The zero-order chi connectivity index (χ0) is 67.5. The van der Waals surface area contributed by atoms with Gasteiger partial charge in [-0.2, -0.15) is 0 Å². The van der Waals surface area contributed by atoms with E-state index in [1.165, 1.54) is 238 Å². The maximum Gasteiger partial charge on any atom is 0.220 e. The predicted molar refractivity (Wildman–Crippen MR) is 365 cm³/mol. The average molecular weight is 1330 g/mol. The Bertz CT molecular complexity index is 1780. The number of unbranched alkanes of at least 4 members (excludes halogenated alkanes) is 42. The number of nitrogens with one attached hydrogen (secondary N) is 1. The first kappa shape index (κ1) is 85.5. The minimum Gasteiger partial charge on any atom is -0.394 e. The molecule has 0 aromatic rings. The molecule has 3 aliphatic heterocycles. The van der Waals surface area contributed by atoms with Crippen molar-refractivity contribution in [2.24, 2.45) is 0 Å². The number of aliphatic hydroxyl groups excluding tert-OH is 11. The Kier molecular flexibility index (Phi) is 51.5. The molecule has 17 atom stereocenters. The van der Waals surface area contributed by atoms with E-state index < -0.39 is 124 Å². The van der Waals surface area contributed by atoms with Crippen molar-refractivity contribution in [1.82, 2.24) is 5.32 Å². The molecule has 548 valence electrons. The Hall–Kier alpha value is -1.73. The molecule has 0 spiro atoms. The zero-order valence-corrected chi connectivity index (χ0v) is 58.3. The molecule has 0 aliphatic carbocycles. The standard InChI is InChI=1S/C74H139NO18/c1-3-5-7-9-11-12-13-14-15-16-17-18-19-20-21-22-23-24-25-26-27-28-29-30-31-32-33-34-35-36-37-38-39-40-41-42-43-44-46-48-50-52-62(80)75-57(58(79)51-49-47-45-10-8-6-4-2)56-88-72-68(86)65(83)70(60(54-77)90-72)93-74-69(87)66(84)71(61(55-78)91-74)92-73-67(85)64(82)63(81)59(53-76)89-73/h8,10,49,51,57-61,63-74,76-79,81-87H,3-7,9,11-48,50,52-56H2,1-2H3,(H,75,80)/b10-8+,51-49+. The summed E-state index contributed by atoms with van der Waals surface area (Å²) < 4.78 is 34.2. The lowest BCUT2D eigenvalue weighted by molar-refractivity contribution is -0.379. The van der Waals surface area contributed by atoms with E-state index in [4.69, 9.17) is 28.4 Å². The SMILES string of the molecule is CCC/C=C/CC/C=C/C(O)C(COC1OC(CO)C(OC2OC(CO)C(OC3OC(CO)C(O)C(O)C3O)C(O)C2O)C(O)C1O)NC(=O)CCCCCCCCCCCCCCCCCCCCCCCCCCCCCCCCCCCCCCCCCCC. The number of hydrogen-bond acceptors (Lipinski definition) is 18. The van der Waals surface area contributed by atoms with E-state index in [2.05, 4.69) is 31.3 Å². The monoisotopic (exact) mass is 1330 g/mol. The molecule has 3 aliphatic rings. The van der Waals surface area contributed by atoms with Gasteiger partial charge in [0.05, 0.1) is 38.6 Å². The summed E-state index contributed by atoms with van der Waals surface area (Å²) in [7, 11) is 0. The molecule has 93 heavy (non-hydrogen) atoms. The highest BCUT2D eigenvalue weighted by Crippen LogP contribution is 2.33. The maximum absolute atomic E-state index is 13.3. The van der Waals surface area contributed by atoms with E-state index in [9.17, 15) is 61.0 Å². The van der Waals surface area contributed by atoms with Crippen molar-refractivity contribution in [2.75, 3.05) is 26.4 Å². The second kappa shape index (κ2) is 56.1. The van der Waals surface area contributed by atoms with Gasteiger partial charge in [0.2, 0.25) is 5.91 Å². The third-order valence-corrected chi connectivity index (χ3v) is 19.2. The molecule has 0 aromatic carbocycles. The summed E-state index contributed by atoms with van der Waals surface area (Å²) >= 11 is 0. The first-order valence-electron chi connectivity index (χ1n) is 38.1. The van der Waals surface area contributed by atoms with Gasteiger partial charge < -0.3 is 89.9 Å². The molecule has 0 aromatic heterocycles. The van der Waals surface area contributed by atoms with Crippen LogP contribution in [0, 0.1) is 0 Å². The minimum atomic E-state index is -1.98. The number of rotatable bonds is 60. The molecule has 3 heterocycles. The molecule has 17 unspecified atom stereocenters. The van der Waals surface area contributed by atoms with Gasteiger partial charge in [0.25, 0.3) is 0 Å². The lowest BCUT2D eigenvalue weighted by Crippen LogP contribution is -2.66. The fourth-order valence-corrected chi connectivity index (χ4v) is 13.1. The van der Waals surface area contributed by atoms with Gasteiger partial charge >= 0.3 is 0 Å². The van der Waals surface area contributed by atoms with Crippen molar-refractivity contribution in [2.45, 2.75) is 413 Å². The Labute approximate surface area is 562 Å². The first-order chi connectivity index (χ1) is 45.3. The number of amides is 1. The van der Waals surface area contributed by atoms with Crippen molar-refractivity contribution < 1.29 is 89.4 Å². The summed E-state index contributed by atoms with van der Waals surface area (Å²) in [6, 6.07) is -0.984. The van der Waals surface area contributed by atoms with Crippen LogP contribution in [0.2, 0.25) is 0 Å². The van der Waals surface area contributed by atoms with Crippen molar-refractivity contribution in [3.8, 4) is 0 Å². The van der Waals surface area contributed by atoms with Crippen LogP contribution >= 0.6 is 0 Å². The number of ether oxygens (including phenoxy) is 6. The van der Waals surface area contributed by atoms with Crippen LogP contribution < -0.4 is 5.32 Å². The van der Waals surface area contributed by atoms with Crippen LogP contribution in [0.15, 0.2) is 24.3 Å². The van der Waals surface area contributed by atoms with E-state index in [-0.39, 0.29) is 18.9 Å². The van der Waals surface area contributed by atoms with Gasteiger partial charge in [-0.1, -0.05) is 301 Å². The van der Waals surface area contributed by atoms with Crippen LogP contribution in [-0.2, 0) is 33.2 Å². The summed E-state index contributed by atoms with van der Waals surface area (Å²) in [5, 5.41) is 120. The van der Waals surface area contributed by atoms with Crippen LogP contribution in [0.3, 0.4) is 0 Å². The summed E-state index contributed by atoms with van der Waals surface area (Å²) in [6.07, 6.45) is 40.1. The van der Waals surface area contributed by atoms with Gasteiger partial charge in [-0.3, -0.25) is 4.79 Å². The van der Waals surface area contributed by atoms with Crippen LogP contribution in [0.4, 0.5) is 0 Å². The lowest BCUT2D eigenvalue weighted by Gasteiger charge is -2.48. The summed E-state index contributed by atoms with van der Waals surface area (Å²) in [6.45, 7) is 1.61. The van der Waals surface area contributed by atoms with Crippen LogP contribution in [0.5, 0.6) is 0 Å². The molecular weight excluding hydrogens is 1190 g/mol. The van der Waals surface area contributed by atoms with E-state index in [1.54, 1.807) is 6.08 Å². The van der Waals surface area contributed by atoms with Gasteiger partial charge in [-0.05, 0) is 25.7 Å². The van der Waals surface area contributed by atoms with Crippen molar-refractivity contribution in [1.29, 1.82) is 0 Å². The highest BCUT2D eigenvalue weighted by atomic mass is 16.8. The Morgan fingerprint density at radius 2 is 0.688 bits per heavy atom. The number of carbonyl (C=O) groups is 1. The molecule has 3 rings (SSSR count). The molecule has 3 fully saturated rings. The van der Waals surface area contributed by atoms with Crippen molar-refractivity contribution in [3.63, 3.8) is 0 Å². The van der Waals surface area contributed by atoms with E-state index in [0.717, 1.165) is 38.5 Å². The third-order valence-electron chi connectivity index (χ3n) is 19.2. The lowest BCUT2D eigenvalue weighted by atomic mass is 9.96. The molecule has 3 saturated heterocycles. The normalized spacial score (nSPS) is 27.6. The van der Waals surface area contributed by atoms with Crippen LogP contribution in [0.25, 0.3) is 0 Å². The average Bonchev–Trinajstić information content (AvgIpc) is 0.849. The fraction of sp³-hybridized carbons (Fsp3) is 0.932. The van der Waals surface area contributed by atoms with Crippen molar-refractivity contribution >= 4 is 5.91 Å². The molecule has 1 amide bonds. The maximum atomic E-state index is 13.3. The van der Waals surface area contributed by atoms with Crippen molar-refractivity contribution in [3.05, 3.63) is 24.3 Å². The van der Waals surface area contributed by atoms with Crippen LogP contribution in [-0.4, -0.2) is 193 Å². The number of carbonyl (C=O) groups excluding carboxylic acids is 1. The predicted octanol–water partition coefficient (Wildman–Crippen LogP) is 11.4. The zero-order valence-electron chi connectivity index (χ0n) is 58.3. The van der Waals surface area contributed by atoms with Gasteiger partial charge in [0.15, 0.2) is 18.9 Å².